The monoisotopic (exact) mass is 267 g/mol. The molecule has 1 aliphatic heterocycles. The van der Waals surface area contributed by atoms with Gasteiger partial charge in [0.15, 0.2) is 0 Å². The molecule has 0 radical (unpaired) electrons. The van der Waals surface area contributed by atoms with Gasteiger partial charge in [0.2, 0.25) is 0 Å². The van der Waals surface area contributed by atoms with Gasteiger partial charge in [0.1, 0.15) is 0 Å². The Morgan fingerprint density at radius 2 is 2.50 bits per heavy atom. The van der Waals surface area contributed by atoms with Gasteiger partial charge in [0.05, 0.1) is 0 Å². The highest BCUT2D eigenvalue weighted by Crippen LogP contribution is 2.33. The summed E-state index contributed by atoms with van der Waals surface area (Å²) in [4.78, 5) is 14.6. The number of hydrogen-bond acceptors (Lipinski definition) is 3. The molecule has 100 valence electrons. The second kappa shape index (κ2) is 6.34. The number of carbonyl (C=O) groups is 1. The van der Waals surface area contributed by atoms with E-state index in [9.17, 15) is 4.79 Å². The van der Waals surface area contributed by atoms with Crippen molar-refractivity contribution in [3.8, 4) is 0 Å². The lowest BCUT2D eigenvalue weighted by atomic mass is 10.0. The average Bonchev–Trinajstić information content (AvgIpc) is 2.99. The van der Waals surface area contributed by atoms with E-state index in [-0.39, 0.29) is 0 Å². The summed E-state index contributed by atoms with van der Waals surface area (Å²) >= 11 is 1.83. The van der Waals surface area contributed by atoms with Gasteiger partial charge in [0.25, 0.3) is 0 Å². The minimum absolute atomic E-state index is 0.314. The molecule has 2 atom stereocenters. The highest BCUT2D eigenvalue weighted by Gasteiger charge is 2.28. The van der Waals surface area contributed by atoms with Gasteiger partial charge in [-0.05, 0) is 43.2 Å². The Kier molecular flexibility index (Phi) is 4.78. The smallest absolute Gasteiger partial charge is 0.303 e. The van der Waals surface area contributed by atoms with E-state index in [4.69, 9.17) is 5.11 Å². The minimum atomic E-state index is -0.668. The third-order valence-electron chi connectivity index (χ3n) is 3.78. The lowest BCUT2D eigenvalue weighted by molar-refractivity contribution is -0.137. The van der Waals surface area contributed by atoms with Crippen LogP contribution in [0, 0.1) is 5.92 Å². The summed E-state index contributed by atoms with van der Waals surface area (Å²) in [6.07, 6.45) is 3.42. The molecule has 0 saturated carbocycles. The molecule has 0 amide bonds. The molecule has 1 fully saturated rings. The summed E-state index contributed by atoms with van der Waals surface area (Å²) in [7, 11) is 0. The Morgan fingerprint density at radius 1 is 1.67 bits per heavy atom. The van der Waals surface area contributed by atoms with Crippen molar-refractivity contribution in [3.63, 3.8) is 0 Å². The molecule has 1 aromatic rings. The van der Waals surface area contributed by atoms with Gasteiger partial charge in [-0.2, -0.15) is 0 Å². The first-order valence-electron chi connectivity index (χ1n) is 6.70. The Labute approximate surface area is 112 Å². The van der Waals surface area contributed by atoms with Gasteiger partial charge in [-0.25, -0.2) is 0 Å². The SMILES string of the molecule is CCC(c1cccs1)N1CCC(CCC(=O)O)C1. The predicted octanol–water partition coefficient (Wildman–Crippen LogP) is 3.39. The summed E-state index contributed by atoms with van der Waals surface area (Å²) in [5.74, 6) is -0.103. The Balaban J connectivity index is 1.89. The molecule has 1 saturated heterocycles. The molecule has 0 spiro atoms. The van der Waals surface area contributed by atoms with Crippen LogP contribution in [-0.2, 0) is 4.79 Å². The maximum atomic E-state index is 10.6. The van der Waals surface area contributed by atoms with E-state index in [1.807, 2.05) is 11.3 Å². The van der Waals surface area contributed by atoms with E-state index >= 15 is 0 Å². The third kappa shape index (κ3) is 3.33. The van der Waals surface area contributed by atoms with Gasteiger partial charge in [-0.3, -0.25) is 9.69 Å². The largest absolute Gasteiger partial charge is 0.481 e. The van der Waals surface area contributed by atoms with Gasteiger partial charge in [0, 0.05) is 23.9 Å². The van der Waals surface area contributed by atoms with Crippen LogP contribution in [0.2, 0.25) is 0 Å². The number of carboxylic acids is 1. The summed E-state index contributed by atoms with van der Waals surface area (Å²) in [6, 6.07) is 4.85. The molecule has 2 unspecified atom stereocenters. The summed E-state index contributed by atoms with van der Waals surface area (Å²) < 4.78 is 0. The molecule has 18 heavy (non-hydrogen) atoms. The Hall–Kier alpha value is -0.870. The van der Waals surface area contributed by atoms with Crippen LogP contribution in [0.1, 0.15) is 43.5 Å². The molecule has 1 aromatic heterocycles. The van der Waals surface area contributed by atoms with Crippen molar-refractivity contribution >= 4 is 17.3 Å². The normalized spacial score (nSPS) is 22.2. The van der Waals surface area contributed by atoms with Crippen LogP contribution in [0.3, 0.4) is 0 Å². The van der Waals surface area contributed by atoms with Gasteiger partial charge < -0.3 is 5.11 Å². The highest BCUT2D eigenvalue weighted by atomic mass is 32.1. The average molecular weight is 267 g/mol. The number of thiophene rings is 1. The quantitative estimate of drug-likeness (QED) is 0.859. The molecule has 1 aliphatic rings. The van der Waals surface area contributed by atoms with Crippen LogP contribution in [0.4, 0.5) is 0 Å². The van der Waals surface area contributed by atoms with E-state index in [0.29, 0.717) is 18.4 Å². The number of carboxylic acid groups (broad SMARTS) is 1. The van der Waals surface area contributed by atoms with Crippen LogP contribution >= 0.6 is 11.3 Å². The van der Waals surface area contributed by atoms with Crippen LogP contribution in [0.5, 0.6) is 0 Å². The van der Waals surface area contributed by atoms with Crippen LogP contribution in [0.25, 0.3) is 0 Å². The molecule has 4 heteroatoms. The third-order valence-corrected chi connectivity index (χ3v) is 4.76. The van der Waals surface area contributed by atoms with E-state index < -0.39 is 5.97 Å². The maximum Gasteiger partial charge on any atom is 0.303 e. The zero-order chi connectivity index (χ0) is 13.0. The second-order valence-electron chi connectivity index (χ2n) is 5.02. The summed E-state index contributed by atoms with van der Waals surface area (Å²) in [6.45, 7) is 4.40. The molecular formula is C14H21NO2S. The van der Waals surface area contributed by atoms with Gasteiger partial charge >= 0.3 is 5.97 Å². The van der Waals surface area contributed by atoms with Crippen molar-refractivity contribution in [3.05, 3.63) is 22.4 Å². The molecular weight excluding hydrogens is 246 g/mol. The van der Waals surface area contributed by atoms with Crippen molar-refractivity contribution in [1.82, 2.24) is 4.90 Å². The Bertz CT molecular complexity index is 377. The fourth-order valence-electron chi connectivity index (χ4n) is 2.83. The number of nitrogens with zero attached hydrogens (tertiary/aromatic N) is 1. The van der Waals surface area contributed by atoms with Crippen molar-refractivity contribution in [2.45, 2.75) is 38.6 Å². The van der Waals surface area contributed by atoms with Crippen molar-refractivity contribution in [2.75, 3.05) is 13.1 Å². The molecule has 0 aliphatic carbocycles. The van der Waals surface area contributed by atoms with E-state index in [2.05, 4.69) is 29.3 Å². The lowest BCUT2D eigenvalue weighted by Crippen LogP contribution is -2.25. The topological polar surface area (TPSA) is 40.5 Å². The van der Waals surface area contributed by atoms with Gasteiger partial charge in [-0.15, -0.1) is 11.3 Å². The fourth-order valence-corrected chi connectivity index (χ4v) is 3.77. The first kappa shape index (κ1) is 13.6. The number of rotatable bonds is 6. The van der Waals surface area contributed by atoms with Crippen LogP contribution < -0.4 is 0 Å². The lowest BCUT2D eigenvalue weighted by Gasteiger charge is -2.26. The first-order chi connectivity index (χ1) is 8.70. The molecule has 2 rings (SSSR count). The van der Waals surface area contributed by atoms with Gasteiger partial charge in [-0.1, -0.05) is 13.0 Å². The van der Waals surface area contributed by atoms with E-state index in [0.717, 1.165) is 32.4 Å². The Morgan fingerprint density at radius 3 is 3.11 bits per heavy atom. The number of aliphatic carboxylic acids is 1. The minimum Gasteiger partial charge on any atom is -0.481 e. The molecule has 3 nitrogen and oxygen atoms in total. The van der Waals surface area contributed by atoms with Crippen molar-refractivity contribution in [2.24, 2.45) is 5.92 Å². The number of likely N-dealkylation sites (tertiary alicyclic amines) is 1. The second-order valence-corrected chi connectivity index (χ2v) is 6.00. The number of hydrogen-bond donors (Lipinski definition) is 1. The van der Waals surface area contributed by atoms with Crippen LogP contribution in [-0.4, -0.2) is 29.1 Å². The summed E-state index contributed by atoms with van der Waals surface area (Å²) in [5, 5.41) is 10.9. The highest BCUT2D eigenvalue weighted by molar-refractivity contribution is 7.10. The van der Waals surface area contributed by atoms with Crippen LogP contribution in [0.15, 0.2) is 17.5 Å². The van der Waals surface area contributed by atoms with E-state index in [1.165, 1.54) is 4.88 Å². The molecule has 0 aromatic carbocycles. The van der Waals surface area contributed by atoms with E-state index in [1.54, 1.807) is 0 Å². The first-order valence-corrected chi connectivity index (χ1v) is 7.58. The zero-order valence-electron chi connectivity index (χ0n) is 10.8. The fraction of sp³-hybridized carbons (Fsp3) is 0.643. The molecule has 1 N–H and O–H groups in total. The summed E-state index contributed by atoms with van der Waals surface area (Å²) in [5.41, 5.74) is 0. The maximum absolute atomic E-state index is 10.6. The van der Waals surface area contributed by atoms with Crippen molar-refractivity contribution < 1.29 is 9.90 Å². The zero-order valence-corrected chi connectivity index (χ0v) is 11.7. The van der Waals surface area contributed by atoms with Crippen molar-refractivity contribution in [1.29, 1.82) is 0 Å². The molecule has 0 bridgehead atoms. The predicted molar refractivity (Wildman–Crippen MR) is 73.9 cm³/mol. The molecule has 2 heterocycles. The standard InChI is InChI=1S/C14H21NO2S/c1-2-12(13-4-3-9-18-13)15-8-7-11(10-15)5-6-14(16)17/h3-4,9,11-12H,2,5-8,10H2,1H3,(H,16,17).